The normalized spacial score (nSPS) is 19.1. The fourth-order valence-corrected chi connectivity index (χ4v) is 3.80. The first-order valence-corrected chi connectivity index (χ1v) is 9.50. The first kappa shape index (κ1) is 20.9. The molecule has 0 saturated carbocycles. The minimum atomic E-state index is -1.04. The Morgan fingerprint density at radius 1 is 1.07 bits per heavy atom. The molecule has 1 aliphatic rings. The van der Waals surface area contributed by atoms with Crippen LogP contribution in [0.5, 0.6) is 0 Å². The molecule has 0 unspecified atom stereocenters. The van der Waals surface area contributed by atoms with Crippen molar-refractivity contribution in [3.8, 4) is 0 Å². The van der Waals surface area contributed by atoms with E-state index in [4.69, 9.17) is 4.74 Å². The Bertz CT molecular complexity index is 901. The van der Waals surface area contributed by atoms with Gasteiger partial charge in [-0.25, -0.2) is 13.2 Å². The number of esters is 1. The third-order valence-electron chi connectivity index (χ3n) is 5.19. The number of ether oxygens (including phenoxy) is 1. The van der Waals surface area contributed by atoms with Gasteiger partial charge >= 0.3 is 5.97 Å². The van der Waals surface area contributed by atoms with E-state index in [2.05, 4.69) is 0 Å². The van der Waals surface area contributed by atoms with Crippen molar-refractivity contribution in [3.05, 3.63) is 71.0 Å². The average molecular weight is 405 g/mol. The van der Waals surface area contributed by atoms with Gasteiger partial charge in [0.25, 0.3) is 5.91 Å². The average Bonchev–Trinajstić information content (AvgIpc) is 2.71. The number of halogens is 3. The van der Waals surface area contributed by atoms with Crippen molar-refractivity contribution in [2.75, 3.05) is 19.7 Å². The fourth-order valence-electron chi connectivity index (χ4n) is 3.80. The van der Waals surface area contributed by atoms with E-state index >= 15 is 0 Å². The van der Waals surface area contributed by atoms with Crippen LogP contribution in [0.4, 0.5) is 13.2 Å². The number of amides is 1. The van der Waals surface area contributed by atoms with Gasteiger partial charge in [-0.1, -0.05) is 12.1 Å². The maximum Gasteiger partial charge on any atom is 0.314 e. The molecule has 1 saturated heterocycles. The predicted molar refractivity (Wildman–Crippen MR) is 101 cm³/mol. The van der Waals surface area contributed by atoms with E-state index in [1.165, 1.54) is 17.0 Å². The van der Waals surface area contributed by atoms with Gasteiger partial charge in [-0.2, -0.15) is 0 Å². The lowest BCUT2D eigenvalue weighted by atomic mass is 9.75. The lowest BCUT2D eigenvalue weighted by Gasteiger charge is -2.41. The summed E-state index contributed by atoms with van der Waals surface area (Å²) in [6, 6.07) is 8.50. The van der Waals surface area contributed by atoms with E-state index in [1.54, 1.807) is 19.1 Å². The Morgan fingerprint density at radius 2 is 1.76 bits per heavy atom. The summed E-state index contributed by atoms with van der Waals surface area (Å²) in [5.74, 6) is -3.05. The van der Waals surface area contributed by atoms with Gasteiger partial charge in [-0.15, -0.1) is 0 Å². The Hall–Kier alpha value is -2.83. The van der Waals surface area contributed by atoms with Crippen LogP contribution < -0.4 is 0 Å². The molecule has 2 aromatic carbocycles. The summed E-state index contributed by atoms with van der Waals surface area (Å²) in [6.45, 7) is 2.20. The zero-order valence-corrected chi connectivity index (χ0v) is 16.1. The van der Waals surface area contributed by atoms with Gasteiger partial charge in [-0.05, 0) is 62.1 Å². The lowest BCUT2D eigenvalue weighted by Crippen LogP contribution is -2.51. The maximum absolute atomic E-state index is 14.1. The highest BCUT2D eigenvalue weighted by Gasteiger charge is 2.45. The predicted octanol–water partition coefficient (Wildman–Crippen LogP) is 4.13. The molecule has 2 aromatic rings. The molecule has 0 aliphatic carbocycles. The van der Waals surface area contributed by atoms with Gasteiger partial charge in [-0.3, -0.25) is 9.59 Å². The number of likely N-dealkylation sites (tertiary alicyclic amines) is 1. The molecule has 1 aliphatic heterocycles. The zero-order valence-electron chi connectivity index (χ0n) is 16.1. The number of carbonyl (C=O) groups is 2. The van der Waals surface area contributed by atoms with Gasteiger partial charge in [0.1, 0.15) is 17.5 Å². The van der Waals surface area contributed by atoms with E-state index in [9.17, 15) is 22.8 Å². The quantitative estimate of drug-likeness (QED) is 0.703. The molecular formula is C22H22F3NO3. The number of carbonyl (C=O) groups excluding carboxylic acids is 2. The second-order valence-electron chi connectivity index (χ2n) is 7.26. The number of piperidine rings is 1. The zero-order chi connectivity index (χ0) is 21.0. The molecule has 0 radical (unpaired) electrons. The van der Waals surface area contributed by atoms with Gasteiger partial charge in [0, 0.05) is 13.1 Å². The van der Waals surface area contributed by atoms with Crippen LogP contribution in [0.25, 0.3) is 0 Å². The second-order valence-corrected chi connectivity index (χ2v) is 7.26. The maximum atomic E-state index is 14.1. The van der Waals surface area contributed by atoms with Crippen molar-refractivity contribution in [1.82, 2.24) is 4.90 Å². The molecule has 0 bridgehead atoms. The molecular weight excluding hydrogens is 383 g/mol. The monoisotopic (exact) mass is 405 g/mol. The number of nitrogens with zero attached hydrogens (tertiary/aromatic N) is 1. The molecule has 1 fully saturated rings. The van der Waals surface area contributed by atoms with Crippen LogP contribution in [-0.2, 0) is 16.0 Å². The number of rotatable bonds is 5. The van der Waals surface area contributed by atoms with Crippen molar-refractivity contribution >= 4 is 11.9 Å². The van der Waals surface area contributed by atoms with E-state index < -0.39 is 28.9 Å². The molecule has 7 heteroatoms. The lowest BCUT2D eigenvalue weighted by molar-refractivity contribution is -0.158. The Balaban J connectivity index is 1.90. The van der Waals surface area contributed by atoms with E-state index in [0.717, 1.165) is 23.8 Å². The third kappa shape index (κ3) is 4.60. The fraction of sp³-hybridized carbons (Fsp3) is 0.364. The Labute approximate surface area is 167 Å². The highest BCUT2D eigenvalue weighted by atomic mass is 19.1. The largest absolute Gasteiger partial charge is 0.466 e. The number of benzene rings is 2. The Morgan fingerprint density at radius 3 is 2.45 bits per heavy atom. The highest BCUT2D eigenvalue weighted by Crippen LogP contribution is 2.36. The number of hydrogen-bond donors (Lipinski definition) is 0. The molecule has 4 nitrogen and oxygen atoms in total. The van der Waals surface area contributed by atoms with Crippen LogP contribution >= 0.6 is 0 Å². The van der Waals surface area contributed by atoms with Crippen molar-refractivity contribution in [2.24, 2.45) is 5.41 Å². The van der Waals surface area contributed by atoms with E-state index in [0.29, 0.717) is 19.4 Å². The SMILES string of the molecule is CCOC(=O)[C@]1(Cc2ccc(F)cc2)CCCN(C(=O)c2cc(F)ccc2F)C1. The summed E-state index contributed by atoms with van der Waals surface area (Å²) >= 11 is 0. The summed E-state index contributed by atoms with van der Waals surface area (Å²) < 4.78 is 46.2. The molecule has 0 N–H and O–H groups in total. The molecule has 1 atom stereocenters. The van der Waals surface area contributed by atoms with Gasteiger partial charge < -0.3 is 9.64 Å². The standard InChI is InChI=1S/C22H22F3NO3/c1-2-29-21(28)22(13-15-4-6-16(23)7-5-15)10-3-11-26(14-22)20(27)18-12-17(24)8-9-19(18)25/h4-9,12H,2-3,10-11,13-14H2,1H3/t22-/m0/s1. The van der Waals surface area contributed by atoms with E-state index in [1.807, 2.05) is 0 Å². The minimum absolute atomic E-state index is 0.0119. The van der Waals surface area contributed by atoms with Crippen molar-refractivity contribution in [2.45, 2.75) is 26.2 Å². The first-order chi connectivity index (χ1) is 13.8. The van der Waals surface area contributed by atoms with Crippen molar-refractivity contribution < 1.29 is 27.5 Å². The molecule has 1 amide bonds. The number of hydrogen-bond acceptors (Lipinski definition) is 3. The molecule has 1 heterocycles. The van der Waals surface area contributed by atoms with Gasteiger partial charge in [0.2, 0.25) is 0 Å². The third-order valence-corrected chi connectivity index (χ3v) is 5.19. The van der Waals surface area contributed by atoms with Crippen LogP contribution in [0, 0.1) is 22.9 Å². The smallest absolute Gasteiger partial charge is 0.314 e. The molecule has 3 rings (SSSR count). The first-order valence-electron chi connectivity index (χ1n) is 9.50. The summed E-state index contributed by atoms with van der Waals surface area (Å²) in [5, 5.41) is 0. The summed E-state index contributed by atoms with van der Waals surface area (Å²) in [7, 11) is 0. The van der Waals surface area contributed by atoms with E-state index in [-0.39, 0.29) is 31.0 Å². The van der Waals surface area contributed by atoms with Crippen LogP contribution in [-0.4, -0.2) is 36.5 Å². The van der Waals surface area contributed by atoms with Crippen LogP contribution in [0.15, 0.2) is 42.5 Å². The molecule has 154 valence electrons. The molecule has 0 spiro atoms. The van der Waals surface area contributed by atoms with Crippen LogP contribution in [0.2, 0.25) is 0 Å². The van der Waals surface area contributed by atoms with Gasteiger partial charge in [0.05, 0.1) is 17.6 Å². The molecule has 29 heavy (non-hydrogen) atoms. The van der Waals surface area contributed by atoms with Gasteiger partial charge in [0.15, 0.2) is 0 Å². The highest BCUT2D eigenvalue weighted by molar-refractivity contribution is 5.95. The summed E-state index contributed by atoms with van der Waals surface area (Å²) in [4.78, 5) is 27.1. The Kier molecular flexibility index (Phi) is 6.25. The topological polar surface area (TPSA) is 46.6 Å². The molecule has 0 aromatic heterocycles. The van der Waals surface area contributed by atoms with Crippen LogP contribution in [0.3, 0.4) is 0 Å². The van der Waals surface area contributed by atoms with Crippen LogP contribution in [0.1, 0.15) is 35.7 Å². The summed E-state index contributed by atoms with van der Waals surface area (Å²) in [6.07, 6.45) is 1.23. The van der Waals surface area contributed by atoms with Crippen molar-refractivity contribution in [3.63, 3.8) is 0 Å². The van der Waals surface area contributed by atoms with Crippen molar-refractivity contribution in [1.29, 1.82) is 0 Å². The summed E-state index contributed by atoms with van der Waals surface area (Å²) in [5.41, 5.74) is -0.678. The minimum Gasteiger partial charge on any atom is -0.466 e. The second kappa shape index (κ2) is 8.68.